The van der Waals surface area contributed by atoms with Crippen LogP contribution in [0.3, 0.4) is 0 Å². The molecule has 1 atom stereocenters. The predicted molar refractivity (Wildman–Crippen MR) is 130 cm³/mol. The summed E-state index contributed by atoms with van der Waals surface area (Å²) < 4.78 is 11.4. The van der Waals surface area contributed by atoms with Crippen molar-refractivity contribution >= 4 is 11.6 Å². The van der Waals surface area contributed by atoms with Crippen molar-refractivity contribution in [1.82, 2.24) is 9.80 Å². The van der Waals surface area contributed by atoms with E-state index in [1.165, 1.54) is 11.1 Å². The van der Waals surface area contributed by atoms with E-state index in [0.29, 0.717) is 0 Å². The van der Waals surface area contributed by atoms with Crippen molar-refractivity contribution in [3.05, 3.63) is 94.0 Å². The minimum atomic E-state index is 0.0468. The van der Waals surface area contributed by atoms with Crippen molar-refractivity contribution in [1.29, 1.82) is 0 Å². The lowest BCUT2D eigenvalue weighted by Crippen LogP contribution is -2.47. The van der Waals surface area contributed by atoms with Gasteiger partial charge in [-0.05, 0) is 48.7 Å². The molecule has 5 heteroatoms. The van der Waals surface area contributed by atoms with Gasteiger partial charge in [0.2, 0.25) is 0 Å². The lowest BCUT2D eigenvalue weighted by Gasteiger charge is -2.45. The second-order valence-electron chi connectivity index (χ2n) is 8.36. The van der Waals surface area contributed by atoms with Gasteiger partial charge in [-0.3, -0.25) is 9.80 Å². The summed E-state index contributed by atoms with van der Waals surface area (Å²) >= 11 is 6.54. The van der Waals surface area contributed by atoms with Crippen LogP contribution in [0.5, 0.6) is 11.5 Å². The molecule has 4 rings (SSSR count). The Hall–Kier alpha value is -2.53. The first kappa shape index (κ1) is 22.7. The Balaban J connectivity index is 1.74. The van der Waals surface area contributed by atoms with Gasteiger partial charge in [0.05, 0.1) is 20.4 Å². The number of rotatable bonds is 7. The Morgan fingerprint density at radius 1 is 0.875 bits per heavy atom. The second kappa shape index (κ2) is 10.4. The van der Waals surface area contributed by atoms with Gasteiger partial charge >= 0.3 is 0 Å². The van der Waals surface area contributed by atoms with Crippen LogP contribution in [0.2, 0.25) is 5.02 Å². The van der Waals surface area contributed by atoms with Crippen LogP contribution in [-0.2, 0) is 13.1 Å². The van der Waals surface area contributed by atoms with Crippen molar-refractivity contribution in [2.75, 3.05) is 27.3 Å². The Kier molecular flexibility index (Phi) is 7.36. The van der Waals surface area contributed by atoms with Crippen molar-refractivity contribution in [3.8, 4) is 11.5 Å². The summed E-state index contributed by atoms with van der Waals surface area (Å²) in [4.78, 5) is 5.03. The molecule has 0 spiro atoms. The zero-order valence-electron chi connectivity index (χ0n) is 19.1. The van der Waals surface area contributed by atoms with E-state index in [1.807, 2.05) is 24.3 Å². The quantitative estimate of drug-likeness (QED) is 0.436. The monoisotopic (exact) mass is 450 g/mol. The fourth-order valence-electron chi connectivity index (χ4n) is 4.61. The van der Waals surface area contributed by atoms with E-state index >= 15 is 0 Å². The third-order valence-electron chi connectivity index (χ3n) is 6.10. The highest BCUT2D eigenvalue weighted by molar-refractivity contribution is 6.31. The molecule has 1 aliphatic rings. The fraction of sp³-hybridized carbons (Fsp3) is 0.333. The molecule has 168 valence electrons. The third kappa shape index (κ3) is 5.09. The molecule has 0 unspecified atom stereocenters. The first-order valence-electron chi connectivity index (χ1n) is 11.1. The number of halogens is 1. The lowest BCUT2D eigenvalue weighted by atomic mass is 10.0. The maximum atomic E-state index is 6.54. The van der Waals surface area contributed by atoms with E-state index in [2.05, 4.69) is 59.2 Å². The van der Waals surface area contributed by atoms with Crippen molar-refractivity contribution in [3.63, 3.8) is 0 Å². The summed E-state index contributed by atoms with van der Waals surface area (Å²) in [7, 11) is 3.44. The van der Waals surface area contributed by atoms with Gasteiger partial charge in [0.25, 0.3) is 0 Å². The zero-order valence-corrected chi connectivity index (χ0v) is 19.8. The number of hydrogen-bond donors (Lipinski definition) is 0. The maximum absolute atomic E-state index is 6.54. The van der Waals surface area contributed by atoms with Gasteiger partial charge in [0.15, 0.2) is 0 Å². The topological polar surface area (TPSA) is 24.9 Å². The Morgan fingerprint density at radius 3 is 2.38 bits per heavy atom. The molecule has 3 aromatic rings. The molecule has 0 amide bonds. The average molecular weight is 451 g/mol. The maximum Gasteiger partial charge on any atom is 0.125 e. The van der Waals surface area contributed by atoms with Crippen LogP contribution in [0.25, 0.3) is 0 Å². The molecule has 32 heavy (non-hydrogen) atoms. The zero-order chi connectivity index (χ0) is 22.5. The first-order valence-corrected chi connectivity index (χ1v) is 11.5. The van der Waals surface area contributed by atoms with Crippen molar-refractivity contribution in [2.24, 2.45) is 0 Å². The van der Waals surface area contributed by atoms with Gasteiger partial charge in [0, 0.05) is 36.8 Å². The number of hydrogen-bond acceptors (Lipinski definition) is 4. The smallest absolute Gasteiger partial charge is 0.125 e. The van der Waals surface area contributed by atoms with Crippen LogP contribution >= 0.6 is 11.6 Å². The van der Waals surface area contributed by atoms with E-state index in [0.717, 1.165) is 60.2 Å². The molecule has 3 aromatic carbocycles. The number of methoxy groups -OCH3 is 2. The molecule has 0 N–H and O–H groups in total. The van der Waals surface area contributed by atoms with Gasteiger partial charge in [-0.1, -0.05) is 59.6 Å². The van der Waals surface area contributed by atoms with E-state index in [9.17, 15) is 0 Å². The standard InChI is InChI=1S/C27H31ClN2O2/c1-20-8-6-9-21(16-20)18-29-14-7-15-30(19-22-10-4-5-11-25(22)28)27(29)24-17-23(31-2)12-13-26(24)32-3/h4-6,8-13,16-17,27H,7,14-15,18-19H2,1-3H3/t27-/m1/s1. The summed E-state index contributed by atoms with van der Waals surface area (Å²) in [5.74, 6) is 1.70. The molecule has 1 aliphatic heterocycles. The number of benzene rings is 3. The van der Waals surface area contributed by atoms with E-state index in [-0.39, 0.29) is 6.17 Å². The highest BCUT2D eigenvalue weighted by atomic mass is 35.5. The molecule has 0 aliphatic carbocycles. The molecule has 1 fully saturated rings. The van der Waals surface area contributed by atoms with E-state index in [1.54, 1.807) is 14.2 Å². The summed E-state index contributed by atoms with van der Waals surface area (Å²) in [6.45, 7) is 5.78. The molecule has 0 saturated carbocycles. The number of ether oxygens (including phenoxy) is 2. The molecular weight excluding hydrogens is 420 g/mol. The average Bonchev–Trinajstić information content (AvgIpc) is 2.80. The van der Waals surface area contributed by atoms with Gasteiger partial charge in [-0.15, -0.1) is 0 Å². The molecule has 1 saturated heterocycles. The largest absolute Gasteiger partial charge is 0.497 e. The summed E-state index contributed by atoms with van der Waals surface area (Å²) in [5.41, 5.74) is 4.85. The van der Waals surface area contributed by atoms with Crippen molar-refractivity contribution in [2.45, 2.75) is 32.6 Å². The van der Waals surface area contributed by atoms with E-state index < -0.39 is 0 Å². The normalized spacial score (nSPS) is 17.3. The van der Waals surface area contributed by atoms with Crippen LogP contribution in [-0.4, -0.2) is 37.1 Å². The minimum absolute atomic E-state index is 0.0468. The Labute approximate surface area is 196 Å². The van der Waals surface area contributed by atoms with Crippen LogP contribution in [0.15, 0.2) is 66.7 Å². The Morgan fingerprint density at radius 2 is 1.66 bits per heavy atom. The molecular formula is C27H31ClN2O2. The molecule has 4 nitrogen and oxygen atoms in total. The highest BCUT2D eigenvalue weighted by Crippen LogP contribution is 2.39. The molecule has 1 heterocycles. The minimum Gasteiger partial charge on any atom is -0.497 e. The lowest BCUT2D eigenvalue weighted by molar-refractivity contribution is -0.0104. The van der Waals surface area contributed by atoms with Crippen LogP contribution in [0.1, 0.15) is 34.8 Å². The fourth-order valence-corrected chi connectivity index (χ4v) is 4.80. The van der Waals surface area contributed by atoms with Crippen LogP contribution in [0.4, 0.5) is 0 Å². The van der Waals surface area contributed by atoms with Gasteiger partial charge < -0.3 is 9.47 Å². The summed E-state index contributed by atoms with van der Waals surface area (Å²) in [5, 5.41) is 0.805. The predicted octanol–water partition coefficient (Wildman–Crippen LogP) is 6.07. The summed E-state index contributed by atoms with van der Waals surface area (Å²) in [6, 6.07) is 22.9. The molecule has 0 aromatic heterocycles. The van der Waals surface area contributed by atoms with Gasteiger partial charge in [0.1, 0.15) is 11.5 Å². The first-order chi connectivity index (χ1) is 15.6. The highest BCUT2D eigenvalue weighted by Gasteiger charge is 2.33. The summed E-state index contributed by atoms with van der Waals surface area (Å²) in [6.07, 6.45) is 1.14. The van der Waals surface area contributed by atoms with Gasteiger partial charge in [-0.25, -0.2) is 0 Å². The third-order valence-corrected chi connectivity index (χ3v) is 6.47. The number of aryl methyl sites for hydroxylation is 1. The second-order valence-corrected chi connectivity index (χ2v) is 8.76. The van der Waals surface area contributed by atoms with Crippen LogP contribution < -0.4 is 9.47 Å². The van der Waals surface area contributed by atoms with E-state index in [4.69, 9.17) is 21.1 Å². The molecule has 0 radical (unpaired) electrons. The van der Waals surface area contributed by atoms with Gasteiger partial charge in [-0.2, -0.15) is 0 Å². The Bertz CT molecular complexity index is 1060. The van der Waals surface area contributed by atoms with Crippen molar-refractivity contribution < 1.29 is 9.47 Å². The number of nitrogens with zero attached hydrogens (tertiary/aromatic N) is 2. The SMILES string of the molecule is COc1ccc(OC)c([C@@H]2N(Cc3cccc(C)c3)CCCN2Cc2ccccc2Cl)c1. The van der Waals surface area contributed by atoms with Crippen LogP contribution in [0, 0.1) is 6.92 Å². The molecule has 0 bridgehead atoms.